The fraction of sp³-hybridized carbons (Fsp3) is 0.667. The smallest absolute Gasteiger partial charge is 0.286 e. The minimum absolute atomic E-state index is 0.296. The van der Waals surface area contributed by atoms with Gasteiger partial charge >= 0.3 is 0 Å². The van der Waals surface area contributed by atoms with Crippen molar-refractivity contribution in [3.05, 3.63) is 0 Å². The lowest BCUT2D eigenvalue weighted by Crippen LogP contribution is -2.08. The number of nitriles is 1. The monoisotopic (exact) mass is 151 g/mol. The standard InChI is InChI=1S/C3H5NO4S/c4-3-8-1-2-9(5,6)7/h1-2H2,(H,5,6,7). The summed E-state index contributed by atoms with van der Waals surface area (Å²) < 4.78 is 31.7. The van der Waals surface area contributed by atoms with Crippen LogP contribution in [0.4, 0.5) is 0 Å². The van der Waals surface area contributed by atoms with Gasteiger partial charge in [-0.2, -0.15) is 13.7 Å². The van der Waals surface area contributed by atoms with E-state index in [-0.39, 0.29) is 6.61 Å². The zero-order chi connectivity index (χ0) is 7.33. The van der Waals surface area contributed by atoms with Crippen molar-refractivity contribution in [3.8, 4) is 6.26 Å². The third-order valence-corrected chi connectivity index (χ3v) is 1.19. The van der Waals surface area contributed by atoms with Crippen LogP contribution in [0.2, 0.25) is 0 Å². The molecule has 9 heavy (non-hydrogen) atoms. The second kappa shape index (κ2) is 3.27. The summed E-state index contributed by atoms with van der Waals surface area (Å²) >= 11 is 0. The molecule has 6 heteroatoms. The molecule has 0 aliphatic rings. The zero-order valence-electron chi connectivity index (χ0n) is 4.44. The van der Waals surface area contributed by atoms with E-state index in [1.165, 1.54) is 6.26 Å². The van der Waals surface area contributed by atoms with Gasteiger partial charge in [-0.15, -0.1) is 0 Å². The molecule has 0 radical (unpaired) electrons. The van der Waals surface area contributed by atoms with E-state index in [1.54, 1.807) is 0 Å². The van der Waals surface area contributed by atoms with E-state index >= 15 is 0 Å². The van der Waals surface area contributed by atoms with Crippen molar-refractivity contribution in [3.63, 3.8) is 0 Å². The predicted molar refractivity (Wildman–Crippen MR) is 28.0 cm³/mol. The van der Waals surface area contributed by atoms with Gasteiger partial charge < -0.3 is 4.74 Å². The minimum Gasteiger partial charge on any atom is -0.426 e. The Balaban J connectivity index is 3.44. The Hall–Kier alpha value is -0.800. The molecule has 1 N–H and O–H groups in total. The highest BCUT2D eigenvalue weighted by molar-refractivity contribution is 7.85. The molecule has 0 saturated carbocycles. The van der Waals surface area contributed by atoms with Crippen molar-refractivity contribution in [1.29, 1.82) is 5.26 Å². The van der Waals surface area contributed by atoms with Gasteiger partial charge in [-0.1, -0.05) is 0 Å². The zero-order valence-corrected chi connectivity index (χ0v) is 5.26. The predicted octanol–water partition coefficient (Wildman–Crippen LogP) is -0.628. The van der Waals surface area contributed by atoms with Gasteiger partial charge in [0.1, 0.15) is 12.4 Å². The molecule has 52 valence electrons. The SMILES string of the molecule is N#COCCS(=O)(=O)O. The van der Waals surface area contributed by atoms with Gasteiger partial charge in [0.2, 0.25) is 0 Å². The van der Waals surface area contributed by atoms with Crippen LogP contribution in [-0.4, -0.2) is 25.3 Å². The van der Waals surface area contributed by atoms with Crippen LogP contribution in [0.1, 0.15) is 0 Å². The summed E-state index contributed by atoms with van der Waals surface area (Å²) in [7, 11) is -3.97. The van der Waals surface area contributed by atoms with Gasteiger partial charge in [-0.3, -0.25) is 4.55 Å². The molecule has 0 bridgehead atoms. The van der Waals surface area contributed by atoms with Gasteiger partial charge in [-0.25, -0.2) is 0 Å². The first kappa shape index (κ1) is 8.20. The van der Waals surface area contributed by atoms with E-state index in [1.807, 2.05) is 0 Å². The maximum Gasteiger partial charge on any atom is 0.286 e. The van der Waals surface area contributed by atoms with E-state index in [4.69, 9.17) is 9.81 Å². The molecule has 0 rings (SSSR count). The molecular weight excluding hydrogens is 146 g/mol. The normalized spacial score (nSPS) is 10.2. The highest BCUT2D eigenvalue weighted by Gasteiger charge is 2.02. The van der Waals surface area contributed by atoms with Gasteiger partial charge in [-0.05, 0) is 0 Å². The highest BCUT2D eigenvalue weighted by atomic mass is 32.2. The third-order valence-electron chi connectivity index (χ3n) is 0.508. The highest BCUT2D eigenvalue weighted by Crippen LogP contribution is 1.80. The lowest BCUT2D eigenvalue weighted by molar-refractivity contribution is 0.289. The Morgan fingerprint density at radius 3 is 2.56 bits per heavy atom. The van der Waals surface area contributed by atoms with Crippen molar-refractivity contribution in [2.75, 3.05) is 12.4 Å². The fourth-order valence-corrected chi connectivity index (χ4v) is 0.487. The molecule has 0 aliphatic heterocycles. The van der Waals surface area contributed by atoms with Crippen LogP contribution in [-0.2, 0) is 14.9 Å². The van der Waals surface area contributed by atoms with Crippen molar-refractivity contribution in [1.82, 2.24) is 0 Å². The van der Waals surface area contributed by atoms with E-state index in [0.717, 1.165) is 0 Å². The largest absolute Gasteiger partial charge is 0.426 e. The van der Waals surface area contributed by atoms with Crippen LogP contribution < -0.4 is 0 Å². The average Bonchev–Trinajstić information content (AvgIpc) is 1.63. The third kappa shape index (κ3) is 7.20. The van der Waals surface area contributed by atoms with Crippen LogP contribution in [0.3, 0.4) is 0 Å². The van der Waals surface area contributed by atoms with Crippen LogP contribution in [0.25, 0.3) is 0 Å². The maximum atomic E-state index is 9.87. The van der Waals surface area contributed by atoms with Crippen LogP contribution in [0, 0.1) is 11.5 Å². The first-order valence-corrected chi connectivity index (χ1v) is 3.63. The number of nitrogens with zero attached hydrogens (tertiary/aromatic N) is 1. The molecule has 0 aromatic rings. The first-order valence-electron chi connectivity index (χ1n) is 2.02. The van der Waals surface area contributed by atoms with Gasteiger partial charge in [0, 0.05) is 0 Å². The summed E-state index contributed by atoms with van der Waals surface area (Å²) in [5.74, 6) is -0.541. The van der Waals surface area contributed by atoms with E-state index in [0.29, 0.717) is 0 Å². The Kier molecular flexibility index (Phi) is 2.98. The van der Waals surface area contributed by atoms with Crippen molar-refractivity contribution >= 4 is 10.1 Å². The molecule has 0 fully saturated rings. The second-order valence-electron chi connectivity index (χ2n) is 1.23. The van der Waals surface area contributed by atoms with Crippen LogP contribution in [0.5, 0.6) is 0 Å². The molecular formula is C3H5NO4S. The Labute approximate surface area is 52.6 Å². The Bertz CT molecular complexity index is 200. The summed E-state index contributed by atoms with van der Waals surface area (Å²) in [5, 5.41) is 7.71. The summed E-state index contributed by atoms with van der Waals surface area (Å²) in [5.41, 5.74) is 0. The molecule has 0 amide bonds. The lowest BCUT2D eigenvalue weighted by Gasteiger charge is -1.91. The quantitative estimate of drug-likeness (QED) is 0.329. The number of hydrogen-bond donors (Lipinski definition) is 1. The topological polar surface area (TPSA) is 87.4 Å². The summed E-state index contributed by atoms with van der Waals surface area (Å²) in [4.78, 5) is 0. The van der Waals surface area contributed by atoms with E-state index < -0.39 is 15.9 Å². The molecule has 0 spiro atoms. The molecule has 0 aliphatic carbocycles. The average molecular weight is 151 g/mol. The first-order chi connectivity index (χ1) is 4.06. The molecule has 0 unspecified atom stereocenters. The van der Waals surface area contributed by atoms with E-state index in [9.17, 15) is 8.42 Å². The number of hydrogen-bond acceptors (Lipinski definition) is 4. The molecule has 0 saturated heterocycles. The fourth-order valence-electron chi connectivity index (χ4n) is 0.193. The molecule has 0 aromatic carbocycles. The Morgan fingerprint density at radius 2 is 2.22 bits per heavy atom. The van der Waals surface area contributed by atoms with Gasteiger partial charge in [0.05, 0.1) is 0 Å². The van der Waals surface area contributed by atoms with E-state index in [2.05, 4.69) is 4.74 Å². The van der Waals surface area contributed by atoms with Crippen molar-refractivity contribution in [2.24, 2.45) is 0 Å². The second-order valence-corrected chi connectivity index (χ2v) is 2.80. The summed E-state index contributed by atoms with van der Waals surface area (Å²) in [6, 6.07) is 0. The lowest BCUT2D eigenvalue weighted by atomic mass is 10.9. The van der Waals surface area contributed by atoms with Gasteiger partial charge in [0.25, 0.3) is 16.4 Å². The van der Waals surface area contributed by atoms with Crippen LogP contribution in [0.15, 0.2) is 0 Å². The molecule has 0 heterocycles. The molecule has 5 nitrogen and oxygen atoms in total. The molecule has 0 aromatic heterocycles. The molecule has 0 atom stereocenters. The van der Waals surface area contributed by atoms with Crippen molar-refractivity contribution < 1.29 is 17.7 Å². The van der Waals surface area contributed by atoms with Crippen molar-refractivity contribution in [2.45, 2.75) is 0 Å². The van der Waals surface area contributed by atoms with Gasteiger partial charge in [0.15, 0.2) is 0 Å². The number of ether oxygens (including phenoxy) is 1. The Morgan fingerprint density at radius 1 is 1.67 bits per heavy atom. The summed E-state index contributed by atoms with van der Waals surface area (Å²) in [6.45, 7) is -0.296. The minimum atomic E-state index is -3.97. The summed E-state index contributed by atoms with van der Waals surface area (Å²) in [6.07, 6.45) is 1.26. The van der Waals surface area contributed by atoms with Crippen LogP contribution >= 0.6 is 0 Å². The number of rotatable bonds is 3. The maximum absolute atomic E-state index is 9.87.